The number of hydrogen-bond donors (Lipinski definition) is 4. The van der Waals surface area contributed by atoms with Crippen LogP contribution in [-0.4, -0.2) is 98.3 Å². The number of amides is 1. The molecule has 0 saturated carbocycles. The predicted octanol–water partition coefficient (Wildman–Crippen LogP) is 6.07. The lowest BCUT2D eigenvalue weighted by atomic mass is 9.83. The summed E-state index contributed by atoms with van der Waals surface area (Å²) >= 11 is 0. The van der Waals surface area contributed by atoms with Gasteiger partial charge in [-0.3, -0.25) is 29.4 Å². The minimum atomic E-state index is -3.23. The van der Waals surface area contributed by atoms with Gasteiger partial charge in [0.1, 0.15) is 52.1 Å². The summed E-state index contributed by atoms with van der Waals surface area (Å²) in [7, 11) is 0. The molecular weight excluding hydrogens is 1030 g/mol. The Morgan fingerprint density at radius 2 is 1.34 bits per heavy atom. The van der Waals surface area contributed by atoms with E-state index in [0.717, 1.165) is 45.8 Å². The van der Waals surface area contributed by atoms with E-state index in [9.17, 15) is 54.3 Å². The highest BCUT2D eigenvalue weighted by Crippen LogP contribution is 2.42. The second-order valence-electron chi connectivity index (χ2n) is 15.0. The van der Waals surface area contributed by atoms with Gasteiger partial charge in [-0.05, 0) is 46.8 Å². The van der Waals surface area contributed by atoms with Gasteiger partial charge < -0.3 is 40.5 Å². The molecule has 1 aliphatic rings. The van der Waals surface area contributed by atoms with Crippen LogP contribution in [0.1, 0.15) is 57.0 Å². The van der Waals surface area contributed by atoms with Gasteiger partial charge in [0.05, 0.1) is 38.5 Å². The molecule has 396 valence electrons. The van der Waals surface area contributed by atoms with E-state index in [2.05, 4.69) is 39.8 Å². The molecule has 0 spiro atoms. The SMILES string of the molecule is CCOC(=O)C1(C)C(=O)Nc2nc(-c3cc(OC(F)F)n(Cc4ccc(F)cc4F)n3)nc(N)c21.Cl.N=C(N)c1cc(OC(F)F)n(Cc2ccc(F)cc2F)n1.[C-]#[N+]C(C#N)C(C)(C(=O)OCC)C(=O)OCC. The number of aromatic nitrogens is 6. The van der Waals surface area contributed by atoms with E-state index in [4.69, 9.17) is 42.9 Å². The maximum absolute atomic E-state index is 14.1. The van der Waals surface area contributed by atoms with Crippen molar-refractivity contribution in [2.45, 2.75) is 72.4 Å². The van der Waals surface area contributed by atoms with Gasteiger partial charge >= 0.3 is 37.2 Å². The minimum Gasteiger partial charge on any atom is -0.465 e. The summed E-state index contributed by atoms with van der Waals surface area (Å²) in [5, 5.41) is 26.3. The number of carbonyl (C=O) groups is 4. The van der Waals surface area contributed by atoms with Gasteiger partial charge in [-0.25, -0.2) is 43.5 Å². The van der Waals surface area contributed by atoms with Gasteiger partial charge in [0.15, 0.2) is 17.3 Å². The average Bonchev–Trinajstić information content (AvgIpc) is 3.99. The van der Waals surface area contributed by atoms with E-state index in [1.807, 2.05) is 0 Å². The summed E-state index contributed by atoms with van der Waals surface area (Å²) in [4.78, 5) is 59.7. The van der Waals surface area contributed by atoms with Crippen LogP contribution >= 0.6 is 12.4 Å². The fourth-order valence-electron chi connectivity index (χ4n) is 6.41. The molecule has 0 radical (unpaired) electrons. The van der Waals surface area contributed by atoms with Crippen molar-refractivity contribution in [1.29, 1.82) is 10.7 Å². The number of nitriles is 1. The fraction of sp³-hybridized carbons (Fsp3) is 0.341. The van der Waals surface area contributed by atoms with Crippen LogP contribution < -0.4 is 26.3 Å². The molecule has 30 heteroatoms. The Kier molecular flexibility index (Phi) is 20.7. The van der Waals surface area contributed by atoms with E-state index in [1.54, 1.807) is 26.8 Å². The quantitative estimate of drug-likeness (QED) is 0.0156. The predicted molar refractivity (Wildman–Crippen MR) is 242 cm³/mol. The molecule has 2 unspecified atom stereocenters. The van der Waals surface area contributed by atoms with Crippen LogP contribution in [0.4, 0.5) is 46.8 Å². The summed E-state index contributed by atoms with van der Waals surface area (Å²) in [6.45, 7) is 7.21. The van der Waals surface area contributed by atoms with E-state index >= 15 is 0 Å². The third-order valence-corrected chi connectivity index (χ3v) is 10.1. The average molecular weight is 1070 g/mol. The van der Waals surface area contributed by atoms with Gasteiger partial charge in [-0.2, -0.15) is 33.0 Å². The van der Waals surface area contributed by atoms with Crippen molar-refractivity contribution >= 4 is 53.7 Å². The largest absolute Gasteiger partial charge is 0.465 e. The topological polar surface area (TPSA) is 292 Å². The Balaban J connectivity index is 0.000000317. The number of nitrogens with zero attached hydrogens (tertiary/aromatic N) is 8. The molecule has 6 rings (SSSR count). The normalized spacial score (nSPS) is 13.8. The lowest BCUT2D eigenvalue weighted by Crippen LogP contribution is -2.46. The van der Waals surface area contributed by atoms with Crippen molar-refractivity contribution in [3.8, 4) is 29.3 Å². The Bertz CT molecular complexity index is 2940. The molecule has 0 aliphatic carbocycles. The van der Waals surface area contributed by atoms with Gasteiger partial charge in [-0.15, -0.1) is 12.4 Å². The number of nitrogen functional groups attached to an aromatic ring is 2. The molecule has 4 heterocycles. The number of hydrogen-bond acceptors (Lipinski definition) is 16. The summed E-state index contributed by atoms with van der Waals surface area (Å²) < 4.78 is 129. The smallest absolute Gasteiger partial charge is 0.388 e. The van der Waals surface area contributed by atoms with Crippen molar-refractivity contribution in [1.82, 2.24) is 29.5 Å². The molecule has 2 atom stereocenters. The molecule has 2 aromatic carbocycles. The molecule has 5 aromatic rings. The molecule has 21 nitrogen and oxygen atoms in total. The Morgan fingerprint density at radius 3 is 1.77 bits per heavy atom. The first kappa shape index (κ1) is 59.7. The molecule has 1 amide bonds. The third kappa shape index (κ3) is 13.7. The van der Waals surface area contributed by atoms with Crippen LogP contribution in [0.3, 0.4) is 0 Å². The molecule has 1 aliphatic heterocycles. The van der Waals surface area contributed by atoms with Gasteiger partial charge in [-0.1, -0.05) is 12.1 Å². The Morgan fingerprint density at radius 1 is 0.851 bits per heavy atom. The van der Waals surface area contributed by atoms with Gasteiger partial charge in [0.25, 0.3) is 0 Å². The zero-order valence-electron chi connectivity index (χ0n) is 39.2. The summed E-state index contributed by atoms with van der Waals surface area (Å²) in [6.07, 6.45) is 0. The molecule has 3 aromatic heterocycles. The first-order valence-electron chi connectivity index (χ1n) is 20.9. The van der Waals surface area contributed by atoms with Crippen molar-refractivity contribution in [3.05, 3.63) is 106 Å². The monoisotopic (exact) mass is 1070 g/mol. The van der Waals surface area contributed by atoms with E-state index < -0.39 is 88.9 Å². The number of alkyl halides is 4. The Labute approximate surface area is 420 Å². The molecule has 0 saturated heterocycles. The molecule has 74 heavy (non-hydrogen) atoms. The van der Waals surface area contributed by atoms with Crippen LogP contribution in [0.15, 0.2) is 48.5 Å². The highest BCUT2D eigenvalue weighted by Gasteiger charge is 2.57. The zero-order chi connectivity index (χ0) is 54.5. The number of nitrogens with one attached hydrogen (secondary N) is 2. The number of nitrogens with two attached hydrogens (primary N) is 2. The van der Waals surface area contributed by atoms with Crippen molar-refractivity contribution < 1.29 is 78.0 Å². The highest BCUT2D eigenvalue weighted by atomic mass is 35.5. The van der Waals surface area contributed by atoms with Crippen molar-refractivity contribution in [2.24, 2.45) is 11.1 Å². The number of halogens is 9. The summed E-state index contributed by atoms with van der Waals surface area (Å²) in [5.74, 6) is -8.54. The first-order chi connectivity index (χ1) is 34.4. The van der Waals surface area contributed by atoms with Crippen LogP contribution in [-0.2, 0) is 51.9 Å². The zero-order valence-corrected chi connectivity index (χ0v) is 40.0. The number of anilines is 2. The maximum Gasteiger partial charge on any atom is 0.388 e. The molecular formula is C44H43ClF8N12O9. The number of carbonyl (C=O) groups excluding carboxylic acids is 4. The summed E-state index contributed by atoms with van der Waals surface area (Å²) in [6, 6.07) is 7.89. The second kappa shape index (κ2) is 25.7. The minimum absolute atomic E-state index is 0. The van der Waals surface area contributed by atoms with Crippen LogP contribution in [0.5, 0.6) is 11.8 Å². The lowest BCUT2D eigenvalue weighted by Gasteiger charge is -2.22. The molecule has 6 N–H and O–H groups in total. The standard InChI is InChI=1S/C21H18F4N6O4.C12H10F4N4O.C11H14N2O4.ClH/c1-3-34-19(33)21(2)14-15(26)27-16(28-17(14)29-18(21)32)12-7-13(35-20(24)25)31(30-12)8-9-4-5-10(22)6-11(9)23;13-7-2-1-6(8(14)3-7)5-20-10(21-12(15)16)4-9(19-20)11(17)18;1-5-16-9(14)11(3,8(7-12)13-4)10(15)17-6-2;/h4-7,20H,3,8H2,1-2H3,(H3,26,27,28,29,32);1-4,12H,5H2,(H3,17,18);8H,5-6H2,1-3H3;1H. The van der Waals surface area contributed by atoms with Crippen LogP contribution in [0.25, 0.3) is 16.4 Å². The van der Waals surface area contributed by atoms with Crippen LogP contribution in [0.2, 0.25) is 0 Å². The lowest BCUT2D eigenvalue weighted by molar-refractivity contribution is -0.170. The summed E-state index contributed by atoms with van der Waals surface area (Å²) in [5.41, 5.74) is 7.34. The van der Waals surface area contributed by atoms with Crippen molar-refractivity contribution in [3.63, 3.8) is 0 Å². The van der Waals surface area contributed by atoms with E-state index in [1.165, 1.54) is 13.8 Å². The third-order valence-electron chi connectivity index (χ3n) is 10.1. The van der Waals surface area contributed by atoms with E-state index in [-0.39, 0.29) is 96.7 Å². The fourth-order valence-corrected chi connectivity index (χ4v) is 6.41. The van der Waals surface area contributed by atoms with Crippen LogP contribution in [0, 0.1) is 52.0 Å². The van der Waals surface area contributed by atoms with Gasteiger partial charge in [0, 0.05) is 35.4 Å². The molecule has 0 bridgehead atoms. The number of ether oxygens (including phenoxy) is 5. The number of rotatable bonds is 17. The number of amidine groups is 1. The van der Waals surface area contributed by atoms with E-state index in [0.29, 0.717) is 12.1 Å². The Hall–Kier alpha value is -8.60. The first-order valence-corrected chi connectivity index (χ1v) is 20.9. The number of esters is 3. The highest BCUT2D eigenvalue weighted by molar-refractivity contribution is 6.19. The van der Waals surface area contributed by atoms with Crippen molar-refractivity contribution in [2.75, 3.05) is 30.9 Å². The van der Waals surface area contributed by atoms with Gasteiger partial charge in [0.2, 0.25) is 23.1 Å². The maximum atomic E-state index is 14.1. The number of benzene rings is 2. The number of fused-ring (bicyclic) bond motifs is 1. The second-order valence-corrected chi connectivity index (χ2v) is 15.0. The molecule has 0 fully saturated rings.